The van der Waals surface area contributed by atoms with E-state index in [0.29, 0.717) is 16.8 Å². The van der Waals surface area contributed by atoms with Gasteiger partial charge in [0.15, 0.2) is 9.84 Å². The number of piperidine rings is 1. The molecule has 0 aromatic heterocycles. The van der Waals surface area contributed by atoms with Gasteiger partial charge in [0.05, 0.1) is 5.75 Å². The zero-order chi connectivity index (χ0) is 21.7. The zero-order valence-corrected chi connectivity index (χ0v) is 18.3. The van der Waals surface area contributed by atoms with E-state index in [0.717, 1.165) is 37.9 Å². The quantitative estimate of drug-likeness (QED) is 0.708. The Morgan fingerprint density at radius 1 is 0.933 bits per heavy atom. The van der Waals surface area contributed by atoms with Crippen LogP contribution in [-0.4, -0.2) is 51.0 Å². The van der Waals surface area contributed by atoms with Crippen LogP contribution in [0, 0.1) is 6.92 Å². The molecule has 1 aliphatic rings. The van der Waals surface area contributed by atoms with Crippen LogP contribution in [0.25, 0.3) is 0 Å². The second kappa shape index (κ2) is 9.43. The molecule has 0 bridgehead atoms. The molecule has 0 atom stereocenters. The number of carbonyl (C=O) groups is 2. The van der Waals surface area contributed by atoms with Gasteiger partial charge in [0.25, 0.3) is 5.91 Å². The number of anilines is 1. The molecule has 6 nitrogen and oxygen atoms in total. The van der Waals surface area contributed by atoms with Gasteiger partial charge in [-0.1, -0.05) is 29.8 Å². The van der Waals surface area contributed by atoms with Gasteiger partial charge >= 0.3 is 0 Å². The highest BCUT2D eigenvalue weighted by atomic mass is 32.2. The first-order valence-corrected chi connectivity index (χ1v) is 12.2. The molecule has 2 amide bonds. The van der Waals surface area contributed by atoms with E-state index in [1.807, 2.05) is 36.1 Å². The highest BCUT2D eigenvalue weighted by Gasteiger charge is 2.24. The Kier molecular flexibility index (Phi) is 6.92. The Bertz CT molecular complexity index is 993. The van der Waals surface area contributed by atoms with Crippen molar-refractivity contribution in [2.45, 2.75) is 31.9 Å². The van der Waals surface area contributed by atoms with E-state index >= 15 is 0 Å². The molecule has 0 saturated carbocycles. The number of sulfone groups is 1. The summed E-state index contributed by atoms with van der Waals surface area (Å²) >= 11 is 0. The summed E-state index contributed by atoms with van der Waals surface area (Å²) in [5.74, 6) is -0.413. The fourth-order valence-corrected chi connectivity index (χ4v) is 4.38. The second-order valence-corrected chi connectivity index (χ2v) is 10.1. The minimum absolute atomic E-state index is 0.0208. The first kappa shape index (κ1) is 22.0. The third kappa shape index (κ3) is 5.92. The van der Waals surface area contributed by atoms with Crippen molar-refractivity contribution in [3.05, 3.63) is 65.2 Å². The molecule has 0 unspecified atom stereocenters. The molecule has 1 fully saturated rings. The summed E-state index contributed by atoms with van der Waals surface area (Å²) in [6, 6.07) is 14.0. The Hall–Kier alpha value is -2.67. The highest BCUT2D eigenvalue weighted by molar-refractivity contribution is 7.89. The first-order chi connectivity index (χ1) is 14.2. The third-order valence-electron chi connectivity index (χ3n) is 5.22. The van der Waals surface area contributed by atoms with Crippen LogP contribution in [0.3, 0.4) is 0 Å². The number of rotatable bonds is 6. The molecule has 7 heteroatoms. The Morgan fingerprint density at radius 2 is 1.53 bits per heavy atom. The molecular weight excluding hydrogens is 400 g/mol. The Labute approximate surface area is 178 Å². The molecule has 2 aromatic rings. The van der Waals surface area contributed by atoms with Crippen LogP contribution in [0.2, 0.25) is 0 Å². The van der Waals surface area contributed by atoms with E-state index in [2.05, 4.69) is 0 Å². The lowest BCUT2D eigenvalue weighted by atomic mass is 10.1. The van der Waals surface area contributed by atoms with Crippen LogP contribution in [0.15, 0.2) is 48.5 Å². The summed E-state index contributed by atoms with van der Waals surface area (Å²) in [6.45, 7) is 3.41. The van der Waals surface area contributed by atoms with E-state index in [1.54, 1.807) is 24.3 Å². The molecule has 3 rings (SSSR count). The van der Waals surface area contributed by atoms with Crippen molar-refractivity contribution in [1.29, 1.82) is 0 Å². The van der Waals surface area contributed by atoms with Crippen molar-refractivity contribution in [2.75, 3.05) is 30.8 Å². The molecule has 1 heterocycles. The summed E-state index contributed by atoms with van der Waals surface area (Å²) < 4.78 is 23.0. The number of nitrogens with zero attached hydrogens (tertiary/aromatic N) is 2. The smallest absolute Gasteiger partial charge is 0.258 e. The highest BCUT2D eigenvalue weighted by Crippen LogP contribution is 2.20. The normalized spacial score (nSPS) is 14.4. The van der Waals surface area contributed by atoms with E-state index in [-0.39, 0.29) is 24.1 Å². The minimum Gasteiger partial charge on any atom is -0.341 e. The van der Waals surface area contributed by atoms with E-state index in [1.165, 1.54) is 11.2 Å². The van der Waals surface area contributed by atoms with Crippen molar-refractivity contribution in [3.63, 3.8) is 0 Å². The summed E-state index contributed by atoms with van der Waals surface area (Å²) in [7, 11) is -3.15. The summed E-state index contributed by atoms with van der Waals surface area (Å²) in [4.78, 5) is 29.5. The summed E-state index contributed by atoms with van der Waals surface area (Å²) in [5, 5.41) is 0. The maximum Gasteiger partial charge on any atom is 0.258 e. The number of likely N-dealkylation sites (tertiary alicyclic amines) is 1. The number of aryl methyl sites for hydroxylation is 1. The van der Waals surface area contributed by atoms with Crippen LogP contribution >= 0.6 is 0 Å². The van der Waals surface area contributed by atoms with Crippen molar-refractivity contribution in [2.24, 2.45) is 0 Å². The van der Waals surface area contributed by atoms with Gasteiger partial charge in [0.2, 0.25) is 5.91 Å². The van der Waals surface area contributed by atoms with Gasteiger partial charge in [-0.25, -0.2) is 8.42 Å². The van der Waals surface area contributed by atoms with Crippen LogP contribution in [0.1, 0.15) is 40.7 Å². The van der Waals surface area contributed by atoms with E-state index in [9.17, 15) is 18.0 Å². The van der Waals surface area contributed by atoms with Gasteiger partial charge in [0.1, 0.15) is 6.54 Å². The second-order valence-electron chi connectivity index (χ2n) is 7.94. The van der Waals surface area contributed by atoms with Crippen molar-refractivity contribution >= 4 is 27.3 Å². The van der Waals surface area contributed by atoms with Crippen LogP contribution < -0.4 is 4.90 Å². The molecule has 30 heavy (non-hydrogen) atoms. The molecule has 160 valence electrons. The minimum atomic E-state index is -3.15. The van der Waals surface area contributed by atoms with Crippen LogP contribution in [-0.2, 0) is 20.4 Å². The van der Waals surface area contributed by atoms with Crippen molar-refractivity contribution in [3.8, 4) is 0 Å². The van der Waals surface area contributed by atoms with E-state index in [4.69, 9.17) is 0 Å². The summed E-state index contributed by atoms with van der Waals surface area (Å²) in [6.07, 6.45) is 4.29. The predicted octanol–water partition coefficient (Wildman–Crippen LogP) is 3.20. The molecule has 0 spiro atoms. The lowest BCUT2D eigenvalue weighted by Gasteiger charge is -2.30. The topological polar surface area (TPSA) is 74.8 Å². The van der Waals surface area contributed by atoms with Gasteiger partial charge in [-0.15, -0.1) is 0 Å². The molecule has 0 aliphatic carbocycles. The average Bonchev–Trinajstić information content (AvgIpc) is 2.72. The van der Waals surface area contributed by atoms with Crippen molar-refractivity contribution in [1.82, 2.24) is 4.90 Å². The first-order valence-electron chi connectivity index (χ1n) is 10.2. The number of carbonyl (C=O) groups excluding carboxylic acids is 2. The third-order valence-corrected chi connectivity index (χ3v) is 6.08. The number of hydrogen-bond donors (Lipinski definition) is 0. The SMILES string of the molecule is Cc1ccc(N(CC(=O)N2CCCCC2)C(=O)c2ccc(CS(C)(=O)=O)cc2)cc1. The van der Waals surface area contributed by atoms with Gasteiger partial charge in [0, 0.05) is 30.6 Å². The fourth-order valence-electron chi connectivity index (χ4n) is 3.59. The van der Waals surface area contributed by atoms with Gasteiger partial charge in [-0.3, -0.25) is 14.5 Å². The average molecular weight is 429 g/mol. The lowest BCUT2D eigenvalue weighted by molar-refractivity contribution is -0.130. The molecular formula is C23H28N2O4S. The maximum absolute atomic E-state index is 13.3. The molecule has 0 N–H and O–H groups in total. The molecule has 2 aromatic carbocycles. The number of hydrogen-bond acceptors (Lipinski definition) is 4. The molecule has 1 aliphatic heterocycles. The Morgan fingerprint density at radius 3 is 2.10 bits per heavy atom. The Balaban J connectivity index is 1.84. The molecule has 0 radical (unpaired) electrons. The lowest BCUT2D eigenvalue weighted by Crippen LogP contribution is -2.45. The summed E-state index contributed by atoms with van der Waals surface area (Å²) in [5.41, 5.74) is 2.77. The van der Waals surface area contributed by atoms with Gasteiger partial charge < -0.3 is 4.90 Å². The van der Waals surface area contributed by atoms with Gasteiger partial charge in [-0.05, 0) is 56.0 Å². The number of benzene rings is 2. The van der Waals surface area contributed by atoms with Crippen LogP contribution in [0.4, 0.5) is 5.69 Å². The molecule has 1 saturated heterocycles. The predicted molar refractivity (Wildman–Crippen MR) is 118 cm³/mol. The van der Waals surface area contributed by atoms with Gasteiger partial charge in [-0.2, -0.15) is 0 Å². The number of amides is 2. The van der Waals surface area contributed by atoms with Crippen LogP contribution in [0.5, 0.6) is 0 Å². The van der Waals surface area contributed by atoms with E-state index < -0.39 is 9.84 Å². The van der Waals surface area contributed by atoms with Crippen molar-refractivity contribution < 1.29 is 18.0 Å². The largest absolute Gasteiger partial charge is 0.341 e. The maximum atomic E-state index is 13.3. The fraction of sp³-hybridized carbons (Fsp3) is 0.391. The monoisotopic (exact) mass is 428 g/mol. The standard InChI is InChI=1S/C23H28N2O4S/c1-18-6-12-21(13-7-18)25(16-22(26)24-14-4-3-5-15-24)23(27)20-10-8-19(9-11-20)17-30(2,28)29/h6-13H,3-5,14-17H2,1-2H3. The zero-order valence-electron chi connectivity index (χ0n) is 17.5.